The Bertz CT molecular complexity index is 1510. The first-order valence-electron chi connectivity index (χ1n) is 10.5. The number of carbonyl (C=O) groups is 1. The summed E-state index contributed by atoms with van der Waals surface area (Å²) in [6, 6.07) is 8.27. The number of anilines is 1. The zero-order valence-electron chi connectivity index (χ0n) is 17.8. The van der Waals surface area contributed by atoms with Crippen LogP contribution in [0.25, 0.3) is 33.1 Å². The third kappa shape index (κ3) is 3.89. The van der Waals surface area contributed by atoms with Crippen LogP contribution in [-0.4, -0.2) is 53.3 Å². The molecule has 0 spiro atoms. The summed E-state index contributed by atoms with van der Waals surface area (Å²) < 4.78 is 53.8. The highest BCUT2D eigenvalue weighted by molar-refractivity contribution is 7.86. The van der Waals surface area contributed by atoms with Gasteiger partial charge in [-0.15, -0.1) is 0 Å². The van der Waals surface area contributed by atoms with E-state index in [1.807, 2.05) is 0 Å². The lowest BCUT2D eigenvalue weighted by Crippen LogP contribution is -2.45. The van der Waals surface area contributed by atoms with Gasteiger partial charge in [0, 0.05) is 35.5 Å². The Labute approximate surface area is 193 Å². The largest absolute Gasteiger partial charge is 0.364 e. The van der Waals surface area contributed by atoms with Crippen molar-refractivity contribution < 1.29 is 22.0 Å². The number of hydrogen-bond acceptors (Lipinski definition) is 6. The van der Waals surface area contributed by atoms with Crippen molar-refractivity contribution in [3.63, 3.8) is 0 Å². The highest BCUT2D eigenvalue weighted by Crippen LogP contribution is 2.36. The van der Waals surface area contributed by atoms with Crippen LogP contribution in [0.1, 0.15) is 23.2 Å². The predicted octanol–water partition coefficient (Wildman–Crippen LogP) is 2.95. The van der Waals surface area contributed by atoms with Crippen molar-refractivity contribution in [1.29, 1.82) is 0 Å². The fourth-order valence-corrected chi connectivity index (χ4v) is 5.04. The zero-order chi connectivity index (χ0) is 24.0. The van der Waals surface area contributed by atoms with Crippen LogP contribution in [0.5, 0.6) is 0 Å². The highest BCUT2D eigenvalue weighted by atomic mass is 32.2. The Morgan fingerprint density at radius 2 is 1.82 bits per heavy atom. The predicted molar refractivity (Wildman–Crippen MR) is 123 cm³/mol. The monoisotopic (exact) mass is 486 g/mol. The van der Waals surface area contributed by atoms with Crippen LogP contribution in [0.3, 0.4) is 0 Å². The molecule has 34 heavy (non-hydrogen) atoms. The van der Waals surface area contributed by atoms with Crippen molar-refractivity contribution in [2.24, 2.45) is 5.14 Å². The van der Waals surface area contributed by atoms with Gasteiger partial charge in [0.2, 0.25) is 0 Å². The van der Waals surface area contributed by atoms with E-state index in [1.54, 1.807) is 12.1 Å². The van der Waals surface area contributed by atoms with Gasteiger partial charge in [0.05, 0.1) is 16.8 Å². The lowest BCUT2D eigenvalue weighted by Gasteiger charge is -2.30. The maximum Gasteiger partial charge on any atom is 0.276 e. The Morgan fingerprint density at radius 1 is 1.12 bits per heavy atom. The molecule has 2 aromatic heterocycles. The van der Waals surface area contributed by atoms with Gasteiger partial charge in [-0.2, -0.15) is 17.8 Å². The summed E-state index contributed by atoms with van der Waals surface area (Å²) >= 11 is 0. The molecule has 0 saturated carbocycles. The molecule has 1 aliphatic rings. The van der Waals surface area contributed by atoms with Crippen LogP contribution in [0.4, 0.5) is 14.6 Å². The Kier molecular flexibility index (Phi) is 5.50. The van der Waals surface area contributed by atoms with Gasteiger partial charge in [0.15, 0.2) is 5.82 Å². The minimum absolute atomic E-state index is 0.0512. The van der Waals surface area contributed by atoms with Crippen molar-refractivity contribution in [2.75, 3.05) is 18.4 Å². The van der Waals surface area contributed by atoms with Gasteiger partial charge in [-0.1, -0.05) is 18.2 Å². The van der Waals surface area contributed by atoms with Gasteiger partial charge in [-0.3, -0.25) is 9.89 Å². The van der Waals surface area contributed by atoms with Gasteiger partial charge >= 0.3 is 0 Å². The lowest BCUT2D eigenvalue weighted by molar-refractivity contribution is 0.112. The van der Waals surface area contributed by atoms with Crippen LogP contribution in [0.2, 0.25) is 0 Å². The average molecular weight is 487 g/mol. The maximum absolute atomic E-state index is 14.7. The van der Waals surface area contributed by atoms with Gasteiger partial charge in [0.1, 0.15) is 23.4 Å². The summed E-state index contributed by atoms with van der Waals surface area (Å²) in [6.07, 6.45) is 1.64. The van der Waals surface area contributed by atoms with Crippen molar-refractivity contribution >= 4 is 44.1 Å². The molecular weight excluding hydrogens is 466 g/mol. The Morgan fingerprint density at radius 3 is 2.47 bits per heavy atom. The topological polar surface area (TPSA) is 134 Å². The number of hydrogen-bond donors (Lipinski definition) is 3. The molecule has 176 valence electrons. The van der Waals surface area contributed by atoms with Crippen LogP contribution >= 0.6 is 0 Å². The normalized spacial score (nSPS) is 15.7. The van der Waals surface area contributed by atoms with Crippen molar-refractivity contribution in [2.45, 2.75) is 18.9 Å². The van der Waals surface area contributed by atoms with Gasteiger partial charge < -0.3 is 5.32 Å². The maximum atomic E-state index is 14.7. The van der Waals surface area contributed by atoms with Crippen LogP contribution in [0, 0.1) is 11.6 Å². The van der Waals surface area contributed by atoms with Gasteiger partial charge in [0.25, 0.3) is 10.2 Å². The molecular formula is C22H20F2N6O3S. The molecule has 4 aromatic rings. The molecule has 5 rings (SSSR count). The number of piperidine rings is 1. The zero-order valence-corrected chi connectivity index (χ0v) is 18.6. The van der Waals surface area contributed by atoms with Crippen molar-refractivity contribution in [3.05, 3.63) is 53.6 Å². The molecule has 12 heteroatoms. The summed E-state index contributed by atoms with van der Waals surface area (Å²) in [5.41, 5.74) is 1.00. The van der Waals surface area contributed by atoms with Crippen LogP contribution in [0.15, 0.2) is 36.4 Å². The van der Waals surface area contributed by atoms with Crippen LogP contribution < -0.4 is 10.5 Å². The van der Waals surface area contributed by atoms with E-state index < -0.39 is 21.8 Å². The molecule has 0 aliphatic carbocycles. The minimum Gasteiger partial charge on any atom is -0.364 e. The first-order chi connectivity index (χ1) is 16.3. The Hall–Kier alpha value is -3.48. The molecule has 0 atom stereocenters. The second kappa shape index (κ2) is 8.38. The van der Waals surface area contributed by atoms with E-state index in [0.717, 1.165) is 12.1 Å². The number of pyridine rings is 1. The van der Waals surface area contributed by atoms with Crippen molar-refractivity contribution in [1.82, 2.24) is 19.5 Å². The number of nitrogens with two attached hydrogens (primary N) is 1. The molecule has 0 bridgehead atoms. The van der Waals surface area contributed by atoms with Gasteiger partial charge in [-0.05, 0) is 31.0 Å². The van der Waals surface area contributed by atoms with E-state index >= 15 is 0 Å². The molecule has 1 saturated heterocycles. The fourth-order valence-electron chi connectivity index (χ4n) is 4.32. The molecule has 3 heterocycles. The average Bonchev–Trinajstić information content (AvgIpc) is 3.21. The van der Waals surface area contributed by atoms with E-state index in [0.29, 0.717) is 52.3 Å². The number of H-pyrrole nitrogens is 1. The minimum atomic E-state index is -3.74. The highest BCUT2D eigenvalue weighted by Gasteiger charge is 2.27. The molecule has 1 fully saturated rings. The first-order valence-corrected chi connectivity index (χ1v) is 12.0. The summed E-state index contributed by atoms with van der Waals surface area (Å²) in [6.45, 7) is 0.519. The molecule has 1 aliphatic heterocycles. The second-order valence-corrected chi connectivity index (χ2v) is 9.68. The number of fused-ring (bicyclic) bond motifs is 3. The molecule has 9 nitrogen and oxygen atoms in total. The number of nitrogens with one attached hydrogen (secondary N) is 2. The number of aromatic amines is 1. The summed E-state index contributed by atoms with van der Waals surface area (Å²) in [5, 5.41) is 16.7. The lowest BCUT2D eigenvalue weighted by atomic mass is 10.00. The number of benzene rings is 2. The smallest absolute Gasteiger partial charge is 0.276 e. The molecule has 0 unspecified atom stereocenters. The number of rotatable bonds is 5. The number of carbonyl (C=O) groups excluding carboxylic acids is 1. The third-order valence-electron chi connectivity index (χ3n) is 6.02. The first kappa shape index (κ1) is 22.3. The van der Waals surface area contributed by atoms with E-state index in [1.165, 1.54) is 16.4 Å². The fraction of sp³-hybridized carbons (Fsp3) is 0.227. The number of halogens is 2. The van der Waals surface area contributed by atoms with E-state index in [2.05, 4.69) is 20.5 Å². The Balaban J connectivity index is 1.62. The molecule has 0 radical (unpaired) electrons. The number of aromatic nitrogens is 3. The van der Waals surface area contributed by atoms with Crippen LogP contribution in [-0.2, 0) is 10.2 Å². The molecule has 4 N–H and O–H groups in total. The van der Waals surface area contributed by atoms with Crippen molar-refractivity contribution in [3.8, 4) is 11.3 Å². The molecule has 2 aromatic carbocycles. The van der Waals surface area contributed by atoms with Gasteiger partial charge in [-0.25, -0.2) is 18.9 Å². The van der Waals surface area contributed by atoms with E-state index in [-0.39, 0.29) is 30.4 Å². The second-order valence-electron chi connectivity index (χ2n) is 8.14. The summed E-state index contributed by atoms with van der Waals surface area (Å²) in [4.78, 5) is 15.9. The quantitative estimate of drug-likeness (QED) is 0.372. The standard InChI is InChI=1S/C22H20F2N6O3S/c23-16-2-1-3-17(24)18(16)19-15-10-12(11-31)4-5-14(15)20-21(27-19)22(29-28-20)26-13-6-8-30(9-7-13)34(25,32)33/h1-5,10-11,13H,6-9H2,(H2,25,32,33)(H2,26,28,29). The SMILES string of the molecule is NS(=O)(=O)N1CCC(Nc2n[nH]c3c2nc(-c2c(F)cccc2F)c2cc(C=O)ccc23)CC1. The third-order valence-corrected chi connectivity index (χ3v) is 7.11. The number of nitrogens with zero attached hydrogens (tertiary/aromatic N) is 3. The summed E-state index contributed by atoms with van der Waals surface area (Å²) in [5.74, 6) is -1.18. The molecule has 0 amide bonds. The van der Waals surface area contributed by atoms with E-state index in [4.69, 9.17) is 5.14 Å². The summed E-state index contributed by atoms with van der Waals surface area (Å²) in [7, 11) is -3.74. The number of aldehydes is 1. The van der Waals surface area contributed by atoms with E-state index in [9.17, 15) is 22.0 Å².